The van der Waals surface area contributed by atoms with E-state index in [1.54, 1.807) is 23.0 Å². The van der Waals surface area contributed by atoms with E-state index in [-0.39, 0.29) is 12.5 Å². The maximum atomic E-state index is 12.1. The summed E-state index contributed by atoms with van der Waals surface area (Å²) in [5, 5.41) is 8.89. The third-order valence-electron chi connectivity index (χ3n) is 4.87. The quantitative estimate of drug-likeness (QED) is 0.274. The fraction of sp³-hybridized carbons (Fsp3) is 0.148. The van der Waals surface area contributed by atoms with E-state index in [4.69, 9.17) is 14.6 Å². The summed E-state index contributed by atoms with van der Waals surface area (Å²) in [4.78, 5) is 12.1. The Balaban J connectivity index is 1.50. The Labute approximate surface area is 198 Å². The van der Waals surface area contributed by atoms with Crippen LogP contribution in [0, 0.1) is 0 Å². The van der Waals surface area contributed by atoms with Gasteiger partial charge in [-0.3, -0.25) is 4.79 Å². The SMILES string of the molecule is CCCOc1ccc(-c2nn(-c3ccccc3)cc2C=NNC(=O)COc2ccccc2)cc1. The average molecular weight is 455 g/mol. The van der Waals surface area contributed by atoms with Crippen molar-refractivity contribution in [1.29, 1.82) is 0 Å². The topological polar surface area (TPSA) is 77.7 Å². The van der Waals surface area contributed by atoms with E-state index in [1.807, 2.05) is 79.0 Å². The molecule has 1 aromatic heterocycles. The first-order valence-electron chi connectivity index (χ1n) is 11.1. The molecule has 3 aromatic carbocycles. The van der Waals surface area contributed by atoms with Crippen LogP contribution in [0.5, 0.6) is 11.5 Å². The fourth-order valence-corrected chi connectivity index (χ4v) is 3.22. The predicted octanol–water partition coefficient (Wildman–Crippen LogP) is 4.86. The van der Waals surface area contributed by atoms with Crippen molar-refractivity contribution in [3.05, 3.63) is 96.7 Å². The number of hydrogen-bond acceptors (Lipinski definition) is 5. The second-order valence-corrected chi connectivity index (χ2v) is 7.48. The fourth-order valence-electron chi connectivity index (χ4n) is 3.22. The van der Waals surface area contributed by atoms with Gasteiger partial charge in [0.25, 0.3) is 5.91 Å². The molecule has 0 saturated carbocycles. The number of rotatable bonds is 10. The van der Waals surface area contributed by atoms with Gasteiger partial charge in [0, 0.05) is 17.3 Å². The molecule has 0 aliphatic rings. The number of para-hydroxylation sites is 2. The lowest BCUT2D eigenvalue weighted by Gasteiger charge is -2.05. The Morgan fingerprint density at radius 1 is 0.941 bits per heavy atom. The number of ether oxygens (including phenoxy) is 2. The first kappa shape index (κ1) is 22.8. The van der Waals surface area contributed by atoms with E-state index in [0.29, 0.717) is 12.4 Å². The third kappa shape index (κ3) is 6.10. The number of nitrogens with one attached hydrogen (secondary N) is 1. The molecule has 0 saturated heterocycles. The van der Waals surface area contributed by atoms with Gasteiger partial charge >= 0.3 is 0 Å². The molecule has 34 heavy (non-hydrogen) atoms. The van der Waals surface area contributed by atoms with Gasteiger partial charge in [-0.05, 0) is 55.0 Å². The summed E-state index contributed by atoms with van der Waals surface area (Å²) in [7, 11) is 0. The number of hydrazone groups is 1. The molecule has 0 aliphatic carbocycles. The summed E-state index contributed by atoms with van der Waals surface area (Å²) < 4.78 is 12.9. The number of benzene rings is 3. The van der Waals surface area contributed by atoms with Gasteiger partial charge in [-0.25, -0.2) is 10.1 Å². The van der Waals surface area contributed by atoms with Gasteiger partial charge in [0.1, 0.15) is 17.2 Å². The summed E-state index contributed by atoms with van der Waals surface area (Å²) in [6.45, 7) is 2.62. The smallest absolute Gasteiger partial charge is 0.277 e. The molecule has 0 aliphatic heterocycles. The molecule has 0 atom stereocenters. The molecular formula is C27H26N4O3. The van der Waals surface area contributed by atoms with Crippen LogP contribution in [0.2, 0.25) is 0 Å². The Kier molecular flexibility index (Phi) is 7.69. The Bertz CT molecular complexity index is 1220. The molecule has 1 heterocycles. The molecular weight excluding hydrogens is 428 g/mol. The summed E-state index contributed by atoms with van der Waals surface area (Å²) in [6, 6.07) is 26.8. The largest absolute Gasteiger partial charge is 0.494 e. The summed E-state index contributed by atoms with van der Waals surface area (Å²) in [5.41, 5.74) is 5.85. The molecule has 1 amide bonds. The van der Waals surface area contributed by atoms with Crippen molar-refractivity contribution in [2.24, 2.45) is 5.10 Å². The van der Waals surface area contributed by atoms with Crippen LogP contribution < -0.4 is 14.9 Å². The number of hydrogen-bond donors (Lipinski definition) is 1. The molecule has 4 aromatic rings. The highest BCUT2D eigenvalue weighted by Crippen LogP contribution is 2.25. The maximum Gasteiger partial charge on any atom is 0.277 e. The zero-order chi connectivity index (χ0) is 23.6. The van der Waals surface area contributed by atoms with E-state index < -0.39 is 0 Å². The van der Waals surface area contributed by atoms with Crippen molar-refractivity contribution < 1.29 is 14.3 Å². The van der Waals surface area contributed by atoms with Crippen LogP contribution in [0.1, 0.15) is 18.9 Å². The standard InChI is InChI=1S/C27H26N4O3/c1-2-17-33-25-15-13-21(14-16-25)27-22(19-31(30-27)23-9-5-3-6-10-23)18-28-29-26(32)20-34-24-11-7-4-8-12-24/h3-16,18-19H,2,17,20H2,1H3,(H,29,32). The highest BCUT2D eigenvalue weighted by Gasteiger charge is 2.12. The Hall–Kier alpha value is -4.39. The van der Waals surface area contributed by atoms with Crippen LogP contribution in [0.15, 0.2) is 96.2 Å². The summed E-state index contributed by atoms with van der Waals surface area (Å²) in [6.07, 6.45) is 4.41. The Morgan fingerprint density at radius 3 is 2.32 bits per heavy atom. The zero-order valence-corrected chi connectivity index (χ0v) is 18.9. The van der Waals surface area contributed by atoms with Crippen LogP contribution in [-0.2, 0) is 4.79 Å². The molecule has 1 N–H and O–H groups in total. The van der Waals surface area contributed by atoms with Crippen molar-refractivity contribution in [2.75, 3.05) is 13.2 Å². The van der Waals surface area contributed by atoms with Crippen molar-refractivity contribution in [2.45, 2.75) is 13.3 Å². The van der Waals surface area contributed by atoms with Crippen molar-refractivity contribution in [3.8, 4) is 28.4 Å². The molecule has 0 bridgehead atoms. The van der Waals surface area contributed by atoms with Crippen molar-refractivity contribution in [3.63, 3.8) is 0 Å². The number of nitrogens with zero attached hydrogens (tertiary/aromatic N) is 3. The minimum Gasteiger partial charge on any atom is -0.494 e. The van der Waals surface area contributed by atoms with E-state index in [2.05, 4.69) is 17.5 Å². The molecule has 4 rings (SSSR count). The highest BCUT2D eigenvalue weighted by atomic mass is 16.5. The Morgan fingerprint density at radius 2 is 1.62 bits per heavy atom. The molecule has 7 nitrogen and oxygen atoms in total. The monoisotopic (exact) mass is 454 g/mol. The van der Waals surface area contributed by atoms with E-state index in [1.165, 1.54) is 0 Å². The maximum absolute atomic E-state index is 12.1. The second kappa shape index (κ2) is 11.5. The van der Waals surface area contributed by atoms with Gasteiger partial charge < -0.3 is 9.47 Å². The van der Waals surface area contributed by atoms with Gasteiger partial charge in [0.05, 0.1) is 18.5 Å². The van der Waals surface area contributed by atoms with Crippen LogP contribution >= 0.6 is 0 Å². The average Bonchev–Trinajstić information content (AvgIpc) is 3.32. The number of aromatic nitrogens is 2. The molecule has 0 spiro atoms. The molecule has 0 fully saturated rings. The van der Waals surface area contributed by atoms with Crippen molar-refractivity contribution >= 4 is 12.1 Å². The minimum atomic E-state index is -0.352. The molecule has 0 unspecified atom stereocenters. The number of amides is 1. The summed E-state index contributed by atoms with van der Waals surface area (Å²) in [5.74, 6) is 1.09. The zero-order valence-electron chi connectivity index (χ0n) is 18.9. The van der Waals surface area contributed by atoms with Crippen molar-refractivity contribution in [1.82, 2.24) is 15.2 Å². The lowest BCUT2D eigenvalue weighted by Crippen LogP contribution is -2.24. The first-order chi connectivity index (χ1) is 16.7. The lowest BCUT2D eigenvalue weighted by atomic mass is 10.1. The normalized spacial score (nSPS) is 10.9. The predicted molar refractivity (Wildman–Crippen MR) is 132 cm³/mol. The van der Waals surface area contributed by atoms with Gasteiger partial charge in [0.15, 0.2) is 6.61 Å². The van der Waals surface area contributed by atoms with Crippen LogP contribution in [0.3, 0.4) is 0 Å². The highest BCUT2D eigenvalue weighted by molar-refractivity contribution is 5.89. The number of carbonyl (C=O) groups excluding carboxylic acids is 1. The number of carbonyl (C=O) groups is 1. The first-order valence-corrected chi connectivity index (χ1v) is 11.1. The second-order valence-electron chi connectivity index (χ2n) is 7.48. The molecule has 7 heteroatoms. The van der Waals surface area contributed by atoms with Crippen LogP contribution in [-0.4, -0.2) is 35.1 Å². The van der Waals surface area contributed by atoms with Crippen LogP contribution in [0.4, 0.5) is 0 Å². The van der Waals surface area contributed by atoms with E-state index in [0.717, 1.165) is 34.7 Å². The van der Waals surface area contributed by atoms with Gasteiger partial charge in [0.2, 0.25) is 0 Å². The third-order valence-corrected chi connectivity index (χ3v) is 4.87. The van der Waals surface area contributed by atoms with Gasteiger partial charge in [-0.15, -0.1) is 0 Å². The van der Waals surface area contributed by atoms with Gasteiger partial charge in [-0.1, -0.05) is 43.3 Å². The summed E-state index contributed by atoms with van der Waals surface area (Å²) >= 11 is 0. The van der Waals surface area contributed by atoms with E-state index in [9.17, 15) is 4.79 Å². The molecule has 0 radical (unpaired) electrons. The van der Waals surface area contributed by atoms with Gasteiger partial charge in [-0.2, -0.15) is 10.2 Å². The minimum absolute atomic E-state index is 0.128. The van der Waals surface area contributed by atoms with Crippen LogP contribution in [0.25, 0.3) is 16.9 Å². The molecule has 172 valence electrons. The van der Waals surface area contributed by atoms with E-state index >= 15 is 0 Å². The lowest BCUT2D eigenvalue weighted by molar-refractivity contribution is -0.123.